The molecule has 114 valence electrons. The largest absolute Gasteiger partial charge is 0.465 e. The van der Waals surface area contributed by atoms with Gasteiger partial charge < -0.3 is 4.74 Å². The number of allylic oxidation sites excluding steroid dienone is 6. The molecular formula is C16H14O5S. The van der Waals surface area contributed by atoms with Crippen molar-refractivity contribution in [3.8, 4) is 0 Å². The Balaban J connectivity index is 0.000000183. The number of carbonyl (C=O) groups is 2. The zero-order valence-electron chi connectivity index (χ0n) is 12.1. The van der Waals surface area contributed by atoms with E-state index in [0.717, 1.165) is 17.4 Å². The van der Waals surface area contributed by atoms with Gasteiger partial charge in [-0.1, -0.05) is 30.4 Å². The van der Waals surface area contributed by atoms with Crippen LogP contribution in [0.25, 0.3) is 0 Å². The van der Waals surface area contributed by atoms with Crippen molar-refractivity contribution in [1.29, 1.82) is 0 Å². The Bertz CT molecular complexity index is 802. The van der Waals surface area contributed by atoms with Crippen LogP contribution in [0, 0.1) is 0 Å². The minimum absolute atomic E-state index is 0.111. The van der Waals surface area contributed by atoms with Crippen LogP contribution in [0.15, 0.2) is 64.6 Å². The van der Waals surface area contributed by atoms with E-state index in [1.165, 1.54) is 31.4 Å². The first-order valence-corrected chi connectivity index (χ1v) is 8.25. The first-order valence-electron chi connectivity index (χ1n) is 6.36. The number of benzene rings is 1. The Morgan fingerprint density at radius 3 is 2.05 bits per heavy atom. The Morgan fingerprint density at radius 2 is 1.68 bits per heavy atom. The summed E-state index contributed by atoms with van der Waals surface area (Å²) in [6, 6.07) is 5.73. The van der Waals surface area contributed by atoms with E-state index in [1.807, 2.05) is 24.3 Å². The highest BCUT2D eigenvalue weighted by Gasteiger charge is 2.20. The molecule has 0 radical (unpaired) electrons. The fourth-order valence-electron chi connectivity index (χ4n) is 1.91. The van der Waals surface area contributed by atoms with Crippen LogP contribution in [0.5, 0.6) is 0 Å². The standard InChI is InChI=1S/C9H10O4S.C7H4O/c1-13-9(10)7-4-3-5-8(6-7)14(2,11)12;8-7-5-1-2-6(7)4-3-5/h3-6H,1-2H3;1-4H. The number of rotatable bonds is 2. The second kappa shape index (κ2) is 6.11. The monoisotopic (exact) mass is 318 g/mol. The molecule has 0 amide bonds. The summed E-state index contributed by atoms with van der Waals surface area (Å²) in [5.41, 5.74) is 1.90. The zero-order valence-corrected chi connectivity index (χ0v) is 12.9. The second-order valence-electron chi connectivity index (χ2n) is 4.70. The highest BCUT2D eigenvalue weighted by molar-refractivity contribution is 7.90. The molecule has 0 aromatic heterocycles. The van der Waals surface area contributed by atoms with Crippen LogP contribution >= 0.6 is 0 Å². The smallest absolute Gasteiger partial charge is 0.337 e. The number of hydrogen-bond donors (Lipinski definition) is 0. The van der Waals surface area contributed by atoms with Crippen molar-refractivity contribution in [1.82, 2.24) is 0 Å². The molecule has 6 heteroatoms. The zero-order chi connectivity index (χ0) is 16.3. The number of fused-ring (bicyclic) bond motifs is 2. The SMILES string of the molecule is COC(=O)c1cccc(S(C)(=O)=O)c1.O=C1C2=CC=C1C=C2. The minimum atomic E-state index is -3.27. The number of carbonyl (C=O) groups excluding carboxylic acids is 2. The minimum Gasteiger partial charge on any atom is -0.465 e. The number of ether oxygens (including phenoxy) is 1. The fraction of sp³-hybridized carbons (Fsp3) is 0.125. The molecule has 0 N–H and O–H groups in total. The lowest BCUT2D eigenvalue weighted by molar-refractivity contribution is -0.111. The molecule has 0 atom stereocenters. The van der Waals surface area contributed by atoms with E-state index in [4.69, 9.17) is 0 Å². The summed E-state index contributed by atoms with van der Waals surface area (Å²) in [5.74, 6) is -0.361. The summed E-state index contributed by atoms with van der Waals surface area (Å²) in [6.45, 7) is 0. The van der Waals surface area contributed by atoms with E-state index < -0.39 is 15.8 Å². The second-order valence-corrected chi connectivity index (χ2v) is 6.71. The van der Waals surface area contributed by atoms with Gasteiger partial charge in [0, 0.05) is 17.4 Å². The quantitative estimate of drug-likeness (QED) is 0.778. The first kappa shape index (κ1) is 15.9. The lowest BCUT2D eigenvalue weighted by atomic mass is 10.2. The Kier molecular flexibility index (Phi) is 4.42. The van der Waals surface area contributed by atoms with Gasteiger partial charge in [0.1, 0.15) is 0 Å². The van der Waals surface area contributed by atoms with E-state index in [9.17, 15) is 18.0 Å². The molecule has 3 rings (SSSR count). The highest BCUT2D eigenvalue weighted by Crippen LogP contribution is 2.23. The molecule has 0 unspecified atom stereocenters. The molecule has 0 heterocycles. The van der Waals surface area contributed by atoms with Gasteiger partial charge in [-0.05, 0) is 18.2 Å². The van der Waals surface area contributed by atoms with Gasteiger partial charge in [-0.2, -0.15) is 0 Å². The van der Waals surface area contributed by atoms with E-state index >= 15 is 0 Å². The molecule has 0 aliphatic heterocycles. The van der Waals surface area contributed by atoms with E-state index in [0.29, 0.717) is 0 Å². The van der Waals surface area contributed by atoms with Crippen LogP contribution in [0.1, 0.15) is 10.4 Å². The van der Waals surface area contributed by atoms with Crippen molar-refractivity contribution >= 4 is 21.6 Å². The van der Waals surface area contributed by atoms with E-state index in [2.05, 4.69) is 4.74 Å². The Labute approximate surface area is 128 Å². The van der Waals surface area contributed by atoms with Gasteiger partial charge in [-0.3, -0.25) is 4.79 Å². The summed E-state index contributed by atoms with van der Waals surface area (Å²) in [4.78, 5) is 22.0. The summed E-state index contributed by atoms with van der Waals surface area (Å²) < 4.78 is 26.8. The molecule has 1 aromatic rings. The highest BCUT2D eigenvalue weighted by atomic mass is 32.2. The average molecular weight is 318 g/mol. The van der Waals surface area contributed by atoms with Gasteiger partial charge in [0.25, 0.3) is 0 Å². The summed E-state index contributed by atoms with van der Waals surface area (Å²) in [7, 11) is -2.03. The number of Topliss-reactive ketones (excluding diaryl/α,β-unsaturated/α-hetero) is 1. The first-order chi connectivity index (χ1) is 10.3. The Hall–Kier alpha value is -2.47. The predicted octanol–water partition coefficient (Wildman–Crippen LogP) is 1.87. The van der Waals surface area contributed by atoms with Crippen LogP contribution in [0.2, 0.25) is 0 Å². The Morgan fingerprint density at radius 1 is 1.09 bits per heavy atom. The molecule has 22 heavy (non-hydrogen) atoms. The molecular weight excluding hydrogens is 304 g/mol. The van der Waals surface area contributed by atoms with Crippen molar-refractivity contribution in [3.63, 3.8) is 0 Å². The van der Waals surface area contributed by atoms with Gasteiger partial charge in [-0.25, -0.2) is 13.2 Å². The third kappa shape index (κ3) is 3.40. The average Bonchev–Trinajstić information content (AvgIpc) is 3.04. The van der Waals surface area contributed by atoms with Crippen molar-refractivity contribution in [3.05, 3.63) is 65.3 Å². The van der Waals surface area contributed by atoms with Crippen molar-refractivity contribution < 1.29 is 22.7 Å². The number of methoxy groups -OCH3 is 1. The van der Waals surface area contributed by atoms with Gasteiger partial charge >= 0.3 is 5.97 Å². The molecule has 2 aliphatic rings. The number of esters is 1. The molecule has 0 saturated heterocycles. The van der Waals surface area contributed by atoms with Crippen LogP contribution < -0.4 is 0 Å². The lowest BCUT2D eigenvalue weighted by Gasteiger charge is -2.01. The van der Waals surface area contributed by atoms with Crippen molar-refractivity contribution in [2.75, 3.05) is 13.4 Å². The summed E-state index contributed by atoms with van der Waals surface area (Å²) in [6.07, 6.45) is 8.47. The predicted molar refractivity (Wildman–Crippen MR) is 81.2 cm³/mol. The fourth-order valence-corrected chi connectivity index (χ4v) is 2.58. The van der Waals surface area contributed by atoms with Gasteiger partial charge in [0.2, 0.25) is 0 Å². The lowest BCUT2D eigenvalue weighted by Crippen LogP contribution is -2.04. The maximum atomic E-state index is 11.1. The molecule has 0 spiro atoms. The topological polar surface area (TPSA) is 77.5 Å². The molecule has 5 nitrogen and oxygen atoms in total. The molecule has 1 aromatic carbocycles. The summed E-state index contributed by atoms with van der Waals surface area (Å²) >= 11 is 0. The van der Waals surface area contributed by atoms with Crippen LogP contribution in [0.4, 0.5) is 0 Å². The van der Waals surface area contributed by atoms with E-state index in [1.54, 1.807) is 0 Å². The third-order valence-corrected chi connectivity index (χ3v) is 4.20. The third-order valence-electron chi connectivity index (χ3n) is 3.09. The van der Waals surface area contributed by atoms with Crippen LogP contribution in [-0.4, -0.2) is 33.5 Å². The maximum Gasteiger partial charge on any atom is 0.337 e. The van der Waals surface area contributed by atoms with Crippen LogP contribution in [-0.2, 0) is 19.4 Å². The maximum absolute atomic E-state index is 11.1. The molecule has 2 aliphatic carbocycles. The number of sulfone groups is 1. The normalized spacial score (nSPS) is 14.9. The van der Waals surface area contributed by atoms with Crippen LogP contribution in [0.3, 0.4) is 0 Å². The molecule has 2 bridgehead atoms. The van der Waals surface area contributed by atoms with Gasteiger partial charge in [0.15, 0.2) is 15.6 Å². The van der Waals surface area contributed by atoms with Gasteiger partial charge in [-0.15, -0.1) is 0 Å². The molecule has 0 fully saturated rings. The summed E-state index contributed by atoms with van der Waals surface area (Å²) in [5, 5.41) is 0. The van der Waals surface area contributed by atoms with Crippen molar-refractivity contribution in [2.24, 2.45) is 0 Å². The van der Waals surface area contributed by atoms with Gasteiger partial charge in [0.05, 0.1) is 17.6 Å². The molecule has 0 saturated carbocycles. The van der Waals surface area contributed by atoms with Crippen molar-refractivity contribution in [2.45, 2.75) is 4.90 Å². The van der Waals surface area contributed by atoms with E-state index in [-0.39, 0.29) is 16.2 Å². The number of hydrogen-bond acceptors (Lipinski definition) is 5. The number of ketones is 1.